The molecule has 1 aliphatic rings. The summed E-state index contributed by atoms with van der Waals surface area (Å²) < 4.78 is 16.6. The summed E-state index contributed by atoms with van der Waals surface area (Å²) in [5.74, 6) is 1.03. The number of aryl methyl sites for hydroxylation is 1. The van der Waals surface area contributed by atoms with Crippen molar-refractivity contribution in [2.24, 2.45) is 0 Å². The molecule has 28 heavy (non-hydrogen) atoms. The Morgan fingerprint density at radius 3 is 2.75 bits per heavy atom. The van der Waals surface area contributed by atoms with Gasteiger partial charge in [-0.2, -0.15) is 0 Å². The maximum Gasteiger partial charge on any atom is 0.262 e. The quantitative estimate of drug-likeness (QED) is 0.752. The molecule has 3 rings (SSSR count). The highest BCUT2D eigenvalue weighted by atomic mass is 16.5. The summed E-state index contributed by atoms with van der Waals surface area (Å²) >= 11 is 0. The Morgan fingerprint density at radius 2 is 2.00 bits per heavy atom. The lowest BCUT2D eigenvalue weighted by molar-refractivity contribution is -0.118. The number of pyridine rings is 1. The lowest BCUT2D eigenvalue weighted by atomic mass is 10.1. The zero-order chi connectivity index (χ0) is 19.8. The van der Waals surface area contributed by atoms with Gasteiger partial charge < -0.3 is 19.5 Å². The van der Waals surface area contributed by atoms with E-state index in [1.54, 1.807) is 18.3 Å². The molecule has 7 heteroatoms. The molecule has 2 heterocycles. The van der Waals surface area contributed by atoms with E-state index in [0.29, 0.717) is 18.2 Å². The first-order valence-corrected chi connectivity index (χ1v) is 9.49. The maximum absolute atomic E-state index is 12.1. The second kappa shape index (κ2) is 10.1. The Kier molecular flexibility index (Phi) is 7.22. The summed E-state index contributed by atoms with van der Waals surface area (Å²) in [5.41, 5.74) is 2.77. The van der Waals surface area contributed by atoms with E-state index in [9.17, 15) is 4.79 Å². The number of rotatable bonds is 8. The molecule has 2 aromatic rings. The zero-order valence-electron chi connectivity index (χ0n) is 16.4. The van der Waals surface area contributed by atoms with Crippen LogP contribution in [0.3, 0.4) is 0 Å². The number of anilines is 1. The summed E-state index contributed by atoms with van der Waals surface area (Å²) in [4.78, 5) is 18.6. The molecule has 150 valence electrons. The van der Waals surface area contributed by atoms with Crippen molar-refractivity contribution in [3.63, 3.8) is 0 Å². The molecule has 1 saturated heterocycles. The van der Waals surface area contributed by atoms with Crippen LogP contribution in [0, 0.1) is 13.8 Å². The molecule has 1 aromatic carbocycles. The number of carbonyl (C=O) groups is 1. The molecule has 1 aromatic heterocycles. The van der Waals surface area contributed by atoms with Gasteiger partial charge in [0.1, 0.15) is 12.4 Å². The molecule has 7 nitrogen and oxygen atoms in total. The number of ether oxygens (including phenoxy) is 3. The fourth-order valence-electron chi connectivity index (χ4n) is 2.86. The van der Waals surface area contributed by atoms with Gasteiger partial charge in [0.2, 0.25) is 5.88 Å². The lowest BCUT2D eigenvalue weighted by Gasteiger charge is -2.26. The Balaban J connectivity index is 1.40. The number of aromatic nitrogens is 1. The number of morpholine rings is 1. The Hall–Kier alpha value is -2.64. The summed E-state index contributed by atoms with van der Waals surface area (Å²) in [6.07, 6.45) is 1.58. The molecular weight excluding hydrogens is 358 g/mol. The molecule has 0 radical (unpaired) electrons. The van der Waals surface area contributed by atoms with Crippen molar-refractivity contribution >= 4 is 11.6 Å². The average molecular weight is 385 g/mol. The molecule has 0 unspecified atom stereocenters. The Labute approximate surface area is 165 Å². The van der Waals surface area contributed by atoms with Crippen molar-refractivity contribution < 1.29 is 19.0 Å². The molecule has 1 amide bonds. The van der Waals surface area contributed by atoms with Crippen molar-refractivity contribution in [2.75, 3.05) is 51.4 Å². The van der Waals surface area contributed by atoms with Crippen LogP contribution in [-0.4, -0.2) is 61.9 Å². The van der Waals surface area contributed by atoms with Crippen molar-refractivity contribution in [2.45, 2.75) is 13.8 Å². The van der Waals surface area contributed by atoms with Crippen molar-refractivity contribution in [1.82, 2.24) is 9.88 Å². The van der Waals surface area contributed by atoms with Gasteiger partial charge in [-0.25, -0.2) is 4.98 Å². The highest BCUT2D eigenvalue weighted by molar-refractivity contribution is 5.91. The van der Waals surface area contributed by atoms with Gasteiger partial charge >= 0.3 is 0 Å². The van der Waals surface area contributed by atoms with E-state index in [0.717, 1.165) is 49.7 Å². The van der Waals surface area contributed by atoms with Crippen LogP contribution >= 0.6 is 0 Å². The third-order valence-corrected chi connectivity index (χ3v) is 4.69. The minimum Gasteiger partial charge on any atom is -0.483 e. The van der Waals surface area contributed by atoms with E-state index in [1.807, 2.05) is 32.0 Å². The molecule has 0 bridgehead atoms. The van der Waals surface area contributed by atoms with Crippen LogP contribution < -0.4 is 14.8 Å². The van der Waals surface area contributed by atoms with Crippen LogP contribution in [0.25, 0.3) is 0 Å². The molecule has 0 spiro atoms. The van der Waals surface area contributed by atoms with Gasteiger partial charge in [0.15, 0.2) is 6.61 Å². The van der Waals surface area contributed by atoms with Crippen molar-refractivity contribution in [1.29, 1.82) is 0 Å². The second-order valence-corrected chi connectivity index (χ2v) is 6.72. The molecular formula is C21H27N3O4. The molecule has 1 N–H and O–H groups in total. The van der Waals surface area contributed by atoms with Crippen LogP contribution in [0.1, 0.15) is 11.1 Å². The maximum atomic E-state index is 12.1. The topological polar surface area (TPSA) is 72.9 Å². The fraction of sp³-hybridized carbons (Fsp3) is 0.429. The van der Waals surface area contributed by atoms with Gasteiger partial charge in [0.05, 0.1) is 25.1 Å². The van der Waals surface area contributed by atoms with E-state index in [4.69, 9.17) is 14.2 Å². The summed E-state index contributed by atoms with van der Waals surface area (Å²) in [5, 5.41) is 2.78. The van der Waals surface area contributed by atoms with Gasteiger partial charge in [-0.05, 0) is 37.1 Å². The summed E-state index contributed by atoms with van der Waals surface area (Å²) in [6.45, 7) is 8.78. The number of hydrogen-bond acceptors (Lipinski definition) is 6. The number of nitrogens with zero attached hydrogens (tertiary/aromatic N) is 2. The SMILES string of the molecule is Cc1cccc(OCC(=O)Nc2ccc(OCCN3CCOCC3)nc2)c1C. The summed E-state index contributed by atoms with van der Waals surface area (Å²) in [6, 6.07) is 9.31. The number of nitrogens with one attached hydrogen (secondary N) is 1. The second-order valence-electron chi connectivity index (χ2n) is 6.72. The predicted molar refractivity (Wildman–Crippen MR) is 107 cm³/mol. The first-order valence-electron chi connectivity index (χ1n) is 9.49. The van der Waals surface area contributed by atoms with Crippen LogP contribution in [-0.2, 0) is 9.53 Å². The van der Waals surface area contributed by atoms with Crippen molar-refractivity contribution in [3.8, 4) is 11.6 Å². The van der Waals surface area contributed by atoms with Crippen LogP contribution in [0.2, 0.25) is 0 Å². The molecule has 1 aliphatic heterocycles. The third kappa shape index (κ3) is 5.94. The number of benzene rings is 1. The smallest absolute Gasteiger partial charge is 0.262 e. The third-order valence-electron chi connectivity index (χ3n) is 4.69. The predicted octanol–water partition coefficient (Wildman–Crippen LogP) is 2.43. The lowest BCUT2D eigenvalue weighted by Crippen LogP contribution is -2.38. The molecule has 1 fully saturated rings. The number of amides is 1. The van der Waals surface area contributed by atoms with Crippen LogP contribution in [0.5, 0.6) is 11.6 Å². The number of hydrogen-bond donors (Lipinski definition) is 1. The monoisotopic (exact) mass is 385 g/mol. The minimum absolute atomic E-state index is 0.0535. The van der Waals surface area contributed by atoms with E-state index >= 15 is 0 Å². The first-order chi connectivity index (χ1) is 13.6. The summed E-state index contributed by atoms with van der Waals surface area (Å²) in [7, 11) is 0. The van der Waals surface area contributed by atoms with Gasteiger partial charge in [-0.1, -0.05) is 12.1 Å². The van der Waals surface area contributed by atoms with E-state index in [-0.39, 0.29) is 12.5 Å². The van der Waals surface area contributed by atoms with Gasteiger partial charge in [0, 0.05) is 25.7 Å². The number of carbonyl (C=O) groups excluding carboxylic acids is 1. The van der Waals surface area contributed by atoms with E-state index < -0.39 is 0 Å². The highest BCUT2D eigenvalue weighted by Crippen LogP contribution is 2.20. The van der Waals surface area contributed by atoms with Gasteiger partial charge in [-0.3, -0.25) is 9.69 Å². The Morgan fingerprint density at radius 1 is 1.18 bits per heavy atom. The molecule has 0 aliphatic carbocycles. The highest BCUT2D eigenvalue weighted by Gasteiger charge is 2.10. The van der Waals surface area contributed by atoms with Crippen LogP contribution in [0.4, 0.5) is 5.69 Å². The minimum atomic E-state index is -0.233. The standard InChI is InChI=1S/C21H27N3O4/c1-16-4-3-5-19(17(16)2)28-15-20(25)23-18-6-7-21(22-14-18)27-13-10-24-8-11-26-12-9-24/h3-7,14H,8-13,15H2,1-2H3,(H,23,25). The zero-order valence-corrected chi connectivity index (χ0v) is 16.4. The fourth-order valence-corrected chi connectivity index (χ4v) is 2.86. The van der Waals surface area contributed by atoms with Crippen molar-refractivity contribution in [3.05, 3.63) is 47.7 Å². The van der Waals surface area contributed by atoms with Crippen LogP contribution in [0.15, 0.2) is 36.5 Å². The first kappa shape index (κ1) is 20.1. The van der Waals surface area contributed by atoms with E-state index in [1.165, 1.54) is 0 Å². The normalized spacial score (nSPS) is 14.5. The van der Waals surface area contributed by atoms with Gasteiger partial charge in [-0.15, -0.1) is 0 Å². The van der Waals surface area contributed by atoms with E-state index in [2.05, 4.69) is 15.2 Å². The molecule has 0 saturated carbocycles. The largest absolute Gasteiger partial charge is 0.483 e. The Bertz CT molecular complexity index is 774. The van der Waals surface area contributed by atoms with Gasteiger partial charge in [0.25, 0.3) is 5.91 Å². The molecule has 0 atom stereocenters. The average Bonchev–Trinajstić information content (AvgIpc) is 2.71.